The predicted octanol–water partition coefficient (Wildman–Crippen LogP) is 4.14. The fraction of sp³-hybridized carbons (Fsp3) is 0.385. The molecule has 10 heteroatoms. The highest BCUT2D eigenvalue weighted by molar-refractivity contribution is 6.76. The summed E-state index contributed by atoms with van der Waals surface area (Å²) in [6, 6.07) is 5.56. The number of rotatable bonds is 7. The standard InChI is InChI=1S/C26H29FN6O2Si/c1-6-17-13-32(14-17)26(34)20-15-33(16-35-9-10-36(3,4)5)25-24(20)29-21(12-28-25)23-19-8-7-18(27)11-22(19)31(2)30-23/h1,7-8,11-12,15,17H,9-10,13-14,16H2,2-5H3. The Kier molecular flexibility index (Phi) is 6.14. The van der Waals surface area contributed by atoms with Crippen LogP contribution in [0.3, 0.4) is 0 Å². The maximum absolute atomic E-state index is 13.8. The highest BCUT2D eigenvalue weighted by Crippen LogP contribution is 2.30. The minimum absolute atomic E-state index is 0.0779. The molecule has 1 amide bonds. The van der Waals surface area contributed by atoms with Gasteiger partial charge in [0.05, 0.1) is 23.2 Å². The van der Waals surface area contributed by atoms with Crippen molar-refractivity contribution in [3.63, 3.8) is 0 Å². The first-order chi connectivity index (χ1) is 17.1. The molecular weight excluding hydrogens is 475 g/mol. The molecule has 5 rings (SSSR count). The van der Waals surface area contributed by atoms with Crippen molar-refractivity contribution in [1.82, 2.24) is 29.2 Å². The van der Waals surface area contributed by atoms with Crippen molar-refractivity contribution in [2.45, 2.75) is 32.4 Å². The summed E-state index contributed by atoms with van der Waals surface area (Å²) in [7, 11) is 0.531. The second-order valence-electron chi connectivity index (χ2n) is 10.5. The van der Waals surface area contributed by atoms with Gasteiger partial charge in [-0.2, -0.15) is 5.10 Å². The second kappa shape index (κ2) is 9.15. The SMILES string of the molecule is C#CC1CN(C(=O)c2cn(COCC[Si](C)(C)C)c3ncc(-c4nn(C)c5cc(F)ccc45)nc23)C1. The van der Waals surface area contributed by atoms with Crippen LogP contribution in [0.15, 0.2) is 30.6 Å². The number of terminal acetylenes is 1. The van der Waals surface area contributed by atoms with E-state index < -0.39 is 8.07 Å². The van der Waals surface area contributed by atoms with Crippen LogP contribution in [0.2, 0.25) is 25.7 Å². The zero-order valence-electron chi connectivity index (χ0n) is 21.0. The molecule has 0 atom stereocenters. The Hall–Kier alpha value is -3.55. The molecule has 0 radical (unpaired) electrons. The van der Waals surface area contributed by atoms with Gasteiger partial charge < -0.3 is 14.2 Å². The molecule has 1 aliphatic heterocycles. The van der Waals surface area contributed by atoms with Gasteiger partial charge in [-0.25, -0.2) is 14.4 Å². The van der Waals surface area contributed by atoms with Crippen LogP contribution in [-0.4, -0.2) is 62.9 Å². The first-order valence-corrected chi connectivity index (χ1v) is 15.7. The number of hydrogen-bond acceptors (Lipinski definition) is 5. The number of hydrogen-bond donors (Lipinski definition) is 0. The lowest BCUT2D eigenvalue weighted by atomic mass is 10.0. The number of nitrogens with zero attached hydrogens (tertiary/aromatic N) is 6. The van der Waals surface area contributed by atoms with Crippen molar-refractivity contribution in [2.75, 3.05) is 19.7 Å². The van der Waals surface area contributed by atoms with Gasteiger partial charge >= 0.3 is 0 Å². The largest absolute Gasteiger partial charge is 0.361 e. The summed E-state index contributed by atoms with van der Waals surface area (Å²) in [4.78, 5) is 24.6. The lowest BCUT2D eigenvalue weighted by Gasteiger charge is -2.36. The quantitative estimate of drug-likeness (QED) is 0.215. The number of carbonyl (C=O) groups excluding carboxylic acids is 1. The van der Waals surface area contributed by atoms with E-state index in [9.17, 15) is 9.18 Å². The van der Waals surface area contributed by atoms with Gasteiger partial charge in [-0.1, -0.05) is 25.6 Å². The minimum Gasteiger partial charge on any atom is -0.361 e. The molecular formula is C26H29FN6O2Si. The summed E-state index contributed by atoms with van der Waals surface area (Å²) in [6.45, 7) is 8.89. The fourth-order valence-corrected chi connectivity index (χ4v) is 5.06. The molecule has 1 aliphatic rings. The molecule has 0 spiro atoms. The van der Waals surface area contributed by atoms with Gasteiger partial charge in [0.2, 0.25) is 0 Å². The van der Waals surface area contributed by atoms with E-state index >= 15 is 0 Å². The summed E-state index contributed by atoms with van der Waals surface area (Å²) in [5.41, 5.74) is 3.24. The maximum atomic E-state index is 13.8. The van der Waals surface area contributed by atoms with Crippen LogP contribution in [-0.2, 0) is 18.5 Å². The maximum Gasteiger partial charge on any atom is 0.257 e. The second-order valence-corrected chi connectivity index (χ2v) is 16.1. The van der Waals surface area contributed by atoms with Crippen molar-refractivity contribution >= 4 is 36.0 Å². The molecule has 0 saturated carbocycles. The zero-order valence-corrected chi connectivity index (χ0v) is 22.0. The van der Waals surface area contributed by atoms with Gasteiger partial charge in [0.1, 0.15) is 29.5 Å². The highest BCUT2D eigenvalue weighted by atomic mass is 28.3. The van der Waals surface area contributed by atoms with E-state index in [4.69, 9.17) is 16.1 Å². The number of aromatic nitrogens is 5. The van der Waals surface area contributed by atoms with Crippen molar-refractivity contribution < 1.29 is 13.9 Å². The third-order valence-corrected chi connectivity index (χ3v) is 8.19. The van der Waals surface area contributed by atoms with Crippen LogP contribution >= 0.6 is 0 Å². The normalized spacial score (nSPS) is 14.4. The van der Waals surface area contributed by atoms with Crippen LogP contribution in [0.4, 0.5) is 4.39 Å². The van der Waals surface area contributed by atoms with Gasteiger partial charge in [0, 0.05) is 46.4 Å². The monoisotopic (exact) mass is 504 g/mol. The minimum atomic E-state index is -1.22. The van der Waals surface area contributed by atoms with Crippen LogP contribution < -0.4 is 0 Å². The van der Waals surface area contributed by atoms with E-state index in [1.54, 1.807) is 35.1 Å². The molecule has 0 N–H and O–H groups in total. The Morgan fingerprint density at radius 3 is 2.81 bits per heavy atom. The third kappa shape index (κ3) is 4.52. The molecule has 3 aromatic heterocycles. The van der Waals surface area contributed by atoms with E-state index in [-0.39, 0.29) is 24.4 Å². The lowest BCUT2D eigenvalue weighted by Crippen LogP contribution is -2.49. The summed E-state index contributed by atoms with van der Waals surface area (Å²) < 4.78 is 23.2. The Balaban J connectivity index is 1.53. The van der Waals surface area contributed by atoms with Gasteiger partial charge in [-0.15, -0.1) is 6.42 Å². The first kappa shape index (κ1) is 24.2. The molecule has 1 fully saturated rings. The number of ether oxygens (including phenoxy) is 1. The topological polar surface area (TPSA) is 78.1 Å². The molecule has 1 aromatic carbocycles. The van der Waals surface area contributed by atoms with Gasteiger partial charge in [0.15, 0.2) is 5.65 Å². The van der Waals surface area contributed by atoms with Gasteiger partial charge in [0.25, 0.3) is 5.91 Å². The average molecular weight is 505 g/mol. The van der Waals surface area contributed by atoms with E-state index in [2.05, 4.69) is 35.6 Å². The Morgan fingerprint density at radius 1 is 1.31 bits per heavy atom. The zero-order chi connectivity index (χ0) is 25.6. The molecule has 1 saturated heterocycles. The van der Waals surface area contributed by atoms with Crippen molar-refractivity contribution in [2.24, 2.45) is 13.0 Å². The number of fused-ring (bicyclic) bond motifs is 2. The van der Waals surface area contributed by atoms with E-state index in [0.717, 1.165) is 11.4 Å². The molecule has 0 aliphatic carbocycles. The van der Waals surface area contributed by atoms with Crippen LogP contribution in [0, 0.1) is 24.1 Å². The first-order valence-electron chi connectivity index (χ1n) is 12.0. The van der Waals surface area contributed by atoms with Crippen LogP contribution in [0.25, 0.3) is 33.5 Å². The molecule has 0 bridgehead atoms. The molecule has 0 unspecified atom stereocenters. The molecule has 36 heavy (non-hydrogen) atoms. The molecule has 4 heterocycles. The van der Waals surface area contributed by atoms with Gasteiger partial charge in [-0.3, -0.25) is 9.48 Å². The summed E-state index contributed by atoms with van der Waals surface area (Å²) in [5, 5.41) is 5.32. The molecule has 8 nitrogen and oxygen atoms in total. The Morgan fingerprint density at radius 2 is 2.08 bits per heavy atom. The van der Waals surface area contributed by atoms with Crippen LogP contribution in [0.1, 0.15) is 10.4 Å². The number of aryl methyl sites for hydroxylation is 1. The summed E-state index contributed by atoms with van der Waals surface area (Å²) in [6.07, 6.45) is 8.91. The number of benzene rings is 1. The smallest absolute Gasteiger partial charge is 0.257 e. The molecule has 4 aromatic rings. The van der Waals surface area contributed by atoms with Crippen molar-refractivity contribution in [3.05, 3.63) is 42.0 Å². The Bertz CT molecular complexity index is 1510. The summed E-state index contributed by atoms with van der Waals surface area (Å²) in [5.74, 6) is 2.31. The Labute approximate surface area is 210 Å². The average Bonchev–Trinajstić information content (AvgIpc) is 3.32. The lowest BCUT2D eigenvalue weighted by molar-refractivity contribution is 0.0579. The van der Waals surface area contributed by atoms with Crippen molar-refractivity contribution in [1.29, 1.82) is 0 Å². The van der Waals surface area contributed by atoms with E-state index in [1.165, 1.54) is 12.1 Å². The number of carbonyl (C=O) groups is 1. The fourth-order valence-electron chi connectivity index (χ4n) is 4.30. The number of halogens is 1. The highest BCUT2D eigenvalue weighted by Gasteiger charge is 2.32. The molecule has 186 valence electrons. The van der Waals surface area contributed by atoms with Crippen LogP contribution in [0.5, 0.6) is 0 Å². The van der Waals surface area contributed by atoms with Gasteiger partial charge in [-0.05, 0) is 24.2 Å². The van der Waals surface area contributed by atoms with E-state index in [1.807, 2.05) is 4.57 Å². The summed E-state index contributed by atoms with van der Waals surface area (Å²) >= 11 is 0. The number of likely N-dealkylation sites (tertiary alicyclic amines) is 1. The van der Waals surface area contributed by atoms with Crippen molar-refractivity contribution in [3.8, 4) is 23.7 Å². The van der Waals surface area contributed by atoms with E-state index in [0.29, 0.717) is 53.3 Å². The number of amides is 1. The third-order valence-electron chi connectivity index (χ3n) is 6.48. The predicted molar refractivity (Wildman–Crippen MR) is 140 cm³/mol.